The molecule has 0 nitrogen and oxygen atoms in total. The molecule has 2 heteroatoms. The van der Waals surface area contributed by atoms with Crippen molar-refractivity contribution in [3.05, 3.63) is 28.2 Å². The Morgan fingerprint density at radius 3 is 2.25 bits per heavy atom. The van der Waals surface area contributed by atoms with Crippen LogP contribution >= 0.6 is 15.9 Å². The number of hydrogen-bond donors (Lipinski definition) is 0. The van der Waals surface area contributed by atoms with Crippen LogP contribution in [0.4, 0.5) is 0 Å². The van der Waals surface area contributed by atoms with Crippen LogP contribution in [0.2, 0.25) is 0 Å². The van der Waals surface area contributed by atoms with Crippen LogP contribution in [0.5, 0.6) is 0 Å². The minimum Gasteiger partial charge on any atom is -0.0824 e. The van der Waals surface area contributed by atoms with Crippen molar-refractivity contribution in [2.24, 2.45) is 0 Å². The normalized spacial score (nSPS) is 11.7. The highest BCUT2D eigenvalue weighted by Gasteiger charge is 2.16. The molecule has 0 bridgehead atoms. The molecule has 0 aliphatic carbocycles. The summed E-state index contributed by atoms with van der Waals surface area (Å²) < 4.78 is 1.03. The number of halogens is 1. The summed E-state index contributed by atoms with van der Waals surface area (Å²) in [4.78, 5) is 0. The smallest absolute Gasteiger partial charge is 0.0824 e. The molecule has 0 spiro atoms. The zero-order chi connectivity index (χ0) is 9.35. The van der Waals surface area contributed by atoms with E-state index < -0.39 is 0 Å². The van der Waals surface area contributed by atoms with Gasteiger partial charge in [-0.25, -0.2) is 0 Å². The van der Waals surface area contributed by atoms with Gasteiger partial charge in [0.2, 0.25) is 0 Å². The maximum Gasteiger partial charge on any atom is 0.115 e. The second kappa shape index (κ2) is 3.25. The minimum atomic E-state index is 0.147. The molecule has 0 saturated heterocycles. The first-order valence-corrected chi connectivity index (χ1v) is 4.76. The van der Waals surface area contributed by atoms with E-state index in [0.29, 0.717) is 0 Å². The van der Waals surface area contributed by atoms with E-state index in [1.165, 1.54) is 5.56 Å². The first kappa shape index (κ1) is 9.85. The molecule has 0 aromatic heterocycles. The number of rotatable bonds is 0. The lowest BCUT2D eigenvalue weighted by Crippen LogP contribution is -2.17. The molecular formula is C10H12BBr. The Labute approximate surface area is 83.9 Å². The molecular weight excluding hydrogens is 211 g/mol. The van der Waals surface area contributed by atoms with Crippen LogP contribution in [0, 0.1) is 0 Å². The molecule has 0 fully saturated rings. The molecule has 1 rings (SSSR count). The van der Waals surface area contributed by atoms with Gasteiger partial charge < -0.3 is 0 Å². The van der Waals surface area contributed by atoms with Crippen LogP contribution in [0.15, 0.2) is 22.7 Å². The standard InChI is InChI=1S/C10H12BBr/c1-10(2,3)7-5-4-6-8(11)9(7)12/h4-6H,1-3H3. The summed E-state index contributed by atoms with van der Waals surface area (Å²) in [7, 11) is 5.77. The van der Waals surface area contributed by atoms with Crippen molar-refractivity contribution in [1.29, 1.82) is 0 Å². The average Bonchev–Trinajstić information content (AvgIpc) is 1.92. The molecule has 0 N–H and O–H groups in total. The topological polar surface area (TPSA) is 0 Å². The van der Waals surface area contributed by atoms with E-state index in [1.54, 1.807) is 0 Å². The zero-order valence-corrected chi connectivity index (χ0v) is 9.27. The van der Waals surface area contributed by atoms with E-state index >= 15 is 0 Å². The fraction of sp³-hybridized carbons (Fsp3) is 0.400. The minimum absolute atomic E-state index is 0.147. The van der Waals surface area contributed by atoms with Gasteiger partial charge in [0.25, 0.3) is 0 Å². The molecule has 0 atom stereocenters. The Morgan fingerprint density at radius 1 is 1.25 bits per heavy atom. The van der Waals surface area contributed by atoms with Gasteiger partial charge in [-0.1, -0.05) is 60.4 Å². The van der Waals surface area contributed by atoms with E-state index in [9.17, 15) is 0 Å². The van der Waals surface area contributed by atoms with Crippen LogP contribution in [0.3, 0.4) is 0 Å². The summed E-state index contributed by atoms with van der Waals surface area (Å²) >= 11 is 3.49. The van der Waals surface area contributed by atoms with Gasteiger partial charge in [-0.2, -0.15) is 0 Å². The summed E-state index contributed by atoms with van der Waals surface area (Å²) in [5.74, 6) is 0. The zero-order valence-electron chi connectivity index (χ0n) is 7.69. The second-order valence-electron chi connectivity index (χ2n) is 3.96. The largest absolute Gasteiger partial charge is 0.115 e. The van der Waals surface area contributed by atoms with E-state index in [4.69, 9.17) is 7.85 Å². The van der Waals surface area contributed by atoms with Gasteiger partial charge in [-0.05, 0) is 11.0 Å². The number of benzene rings is 1. The molecule has 0 heterocycles. The first-order valence-electron chi connectivity index (χ1n) is 3.97. The molecule has 0 aliphatic rings. The van der Waals surface area contributed by atoms with Crippen molar-refractivity contribution < 1.29 is 0 Å². The number of hydrogen-bond acceptors (Lipinski definition) is 0. The third-order valence-electron chi connectivity index (χ3n) is 1.84. The van der Waals surface area contributed by atoms with Crippen molar-refractivity contribution in [3.63, 3.8) is 0 Å². The molecule has 0 saturated carbocycles. The Morgan fingerprint density at radius 2 is 1.83 bits per heavy atom. The van der Waals surface area contributed by atoms with Gasteiger partial charge >= 0.3 is 0 Å². The molecule has 1 aromatic rings. The van der Waals surface area contributed by atoms with E-state index in [2.05, 4.69) is 42.8 Å². The molecule has 0 amide bonds. The van der Waals surface area contributed by atoms with Gasteiger partial charge in [0.1, 0.15) is 7.85 Å². The molecule has 1 aromatic carbocycles. The molecule has 62 valence electrons. The van der Waals surface area contributed by atoms with Crippen molar-refractivity contribution in [2.45, 2.75) is 26.2 Å². The summed E-state index contributed by atoms with van der Waals surface area (Å²) in [5.41, 5.74) is 2.21. The predicted molar refractivity (Wildman–Crippen MR) is 58.2 cm³/mol. The SMILES string of the molecule is [B]c1cccc(C(C)(C)C)c1Br. The first-order chi connectivity index (χ1) is 5.43. The Hall–Kier alpha value is -0.235. The highest BCUT2D eigenvalue weighted by atomic mass is 79.9. The average molecular weight is 223 g/mol. The second-order valence-corrected chi connectivity index (χ2v) is 4.75. The summed E-state index contributed by atoms with van der Waals surface area (Å²) in [6.45, 7) is 6.52. The predicted octanol–water partition coefficient (Wildman–Crippen LogP) is 2.54. The van der Waals surface area contributed by atoms with Gasteiger partial charge in [0.05, 0.1) is 0 Å². The fourth-order valence-corrected chi connectivity index (χ4v) is 1.99. The van der Waals surface area contributed by atoms with Gasteiger partial charge in [-0.15, -0.1) is 0 Å². The monoisotopic (exact) mass is 222 g/mol. The van der Waals surface area contributed by atoms with E-state index in [1.807, 2.05) is 12.1 Å². The van der Waals surface area contributed by atoms with Crippen LogP contribution < -0.4 is 5.46 Å². The van der Waals surface area contributed by atoms with Crippen LogP contribution in [0.1, 0.15) is 26.3 Å². The summed E-state index contributed by atoms with van der Waals surface area (Å²) in [6.07, 6.45) is 0. The maximum absolute atomic E-state index is 5.77. The van der Waals surface area contributed by atoms with Gasteiger partial charge in [0, 0.05) is 4.47 Å². The van der Waals surface area contributed by atoms with E-state index in [0.717, 1.165) is 9.94 Å². The molecule has 2 radical (unpaired) electrons. The third kappa shape index (κ3) is 1.92. The maximum atomic E-state index is 5.77. The van der Waals surface area contributed by atoms with Crippen molar-refractivity contribution in [2.75, 3.05) is 0 Å². The Kier molecular flexibility index (Phi) is 2.67. The highest BCUT2D eigenvalue weighted by molar-refractivity contribution is 9.10. The lowest BCUT2D eigenvalue weighted by Gasteiger charge is -2.21. The summed E-state index contributed by atoms with van der Waals surface area (Å²) in [6, 6.07) is 5.99. The Bertz CT molecular complexity index is 286. The van der Waals surface area contributed by atoms with E-state index in [-0.39, 0.29) is 5.41 Å². The molecule has 0 unspecified atom stereocenters. The fourth-order valence-electron chi connectivity index (χ4n) is 1.13. The Balaban J connectivity index is 3.26. The van der Waals surface area contributed by atoms with Crippen molar-refractivity contribution in [1.82, 2.24) is 0 Å². The molecule has 12 heavy (non-hydrogen) atoms. The van der Waals surface area contributed by atoms with Crippen molar-refractivity contribution in [3.8, 4) is 0 Å². The third-order valence-corrected chi connectivity index (χ3v) is 2.72. The highest BCUT2D eigenvalue weighted by Crippen LogP contribution is 2.27. The van der Waals surface area contributed by atoms with Gasteiger partial charge in [0.15, 0.2) is 0 Å². The van der Waals surface area contributed by atoms with Crippen LogP contribution in [0.25, 0.3) is 0 Å². The van der Waals surface area contributed by atoms with Crippen LogP contribution in [-0.4, -0.2) is 7.85 Å². The van der Waals surface area contributed by atoms with Crippen molar-refractivity contribution >= 4 is 29.2 Å². The summed E-state index contributed by atoms with van der Waals surface area (Å²) in [5, 5.41) is 0. The molecule has 0 aliphatic heterocycles. The quantitative estimate of drug-likeness (QED) is 0.592. The lowest BCUT2D eigenvalue weighted by atomic mass is 9.83. The van der Waals surface area contributed by atoms with Crippen LogP contribution in [-0.2, 0) is 5.41 Å². The van der Waals surface area contributed by atoms with Gasteiger partial charge in [-0.3, -0.25) is 0 Å². The lowest BCUT2D eigenvalue weighted by molar-refractivity contribution is 0.588.